The van der Waals surface area contributed by atoms with Crippen molar-refractivity contribution in [1.29, 1.82) is 5.26 Å². The highest BCUT2D eigenvalue weighted by Gasteiger charge is 2.51. The van der Waals surface area contributed by atoms with Crippen molar-refractivity contribution < 1.29 is 0 Å². The molecular formula is C32H28N4. The first kappa shape index (κ1) is 21.4. The predicted octanol–water partition coefficient (Wildman–Crippen LogP) is 7.21. The summed E-state index contributed by atoms with van der Waals surface area (Å²) in [6, 6.07) is 28.8. The molecule has 4 fully saturated rings. The summed E-state index contributed by atoms with van der Waals surface area (Å²) in [5, 5.41) is 9.39. The number of hydrogen-bond acceptors (Lipinski definition) is 4. The first-order valence-corrected chi connectivity index (χ1v) is 13.1. The molecule has 0 saturated heterocycles. The molecule has 0 N–H and O–H groups in total. The van der Waals surface area contributed by atoms with E-state index in [-0.39, 0.29) is 0 Å². The Morgan fingerprint density at radius 1 is 0.611 bits per heavy atom. The van der Waals surface area contributed by atoms with Gasteiger partial charge in [0.05, 0.1) is 11.6 Å². The maximum atomic E-state index is 9.39. The zero-order chi connectivity index (χ0) is 24.1. The molecule has 0 amide bonds. The van der Waals surface area contributed by atoms with Gasteiger partial charge in [0.15, 0.2) is 17.5 Å². The van der Waals surface area contributed by atoms with E-state index in [1.807, 2.05) is 48.5 Å². The molecule has 36 heavy (non-hydrogen) atoms. The average molecular weight is 469 g/mol. The molecule has 4 bridgehead atoms. The molecule has 1 aromatic heterocycles. The van der Waals surface area contributed by atoms with Crippen molar-refractivity contribution in [3.63, 3.8) is 0 Å². The van der Waals surface area contributed by atoms with Crippen molar-refractivity contribution in [3.8, 4) is 40.2 Å². The van der Waals surface area contributed by atoms with Crippen LogP contribution in [0.15, 0.2) is 78.9 Å². The molecule has 0 spiro atoms. The van der Waals surface area contributed by atoms with Gasteiger partial charge >= 0.3 is 0 Å². The molecule has 176 valence electrons. The van der Waals surface area contributed by atoms with E-state index in [9.17, 15) is 5.26 Å². The van der Waals surface area contributed by atoms with Gasteiger partial charge in [-0.2, -0.15) is 5.26 Å². The number of rotatable bonds is 4. The van der Waals surface area contributed by atoms with Gasteiger partial charge < -0.3 is 0 Å². The second-order valence-corrected chi connectivity index (χ2v) is 11.1. The van der Waals surface area contributed by atoms with Gasteiger partial charge in [0.1, 0.15) is 0 Å². The molecule has 1 heterocycles. The van der Waals surface area contributed by atoms with Crippen molar-refractivity contribution in [3.05, 3.63) is 90.0 Å². The molecule has 4 aromatic rings. The van der Waals surface area contributed by atoms with E-state index in [2.05, 4.69) is 30.3 Å². The van der Waals surface area contributed by atoms with Crippen LogP contribution in [0.5, 0.6) is 0 Å². The quantitative estimate of drug-likeness (QED) is 0.317. The highest BCUT2D eigenvalue weighted by molar-refractivity contribution is 5.67. The molecule has 3 aromatic carbocycles. The molecule has 0 unspecified atom stereocenters. The van der Waals surface area contributed by atoms with Crippen LogP contribution >= 0.6 is 0 Å². The SMILES string of the molecule is N#Cc1cccc(-c2nc(-c3ccccc3)nc(-c3ccc(C45C[C@H]6C[C@@H](C4)C[C@@H](C5)C6)cc3)n2)c1. The number of benzene rings is 3. The number of nitrogens with zero attached hydrogens (tertiary/aromatic N) is 4. The van der Waals surface area contributed by atoms with Gasteiger partial charge in [0.25, 0.3) is 0 Å². The lowest BCUT2D eigenvalue weighted by atomic mass is 9.48. The van der Waals surface area contributed by atoms with Crippen LogP contribution in [-0.2, 0) is 5.41 Å². The van der Waals surface area contributed by atoms with Gasteiger partial charge in [-0.15, -0.1) is 0 Å². The van der Waals surface area contributed by atoms with Gasteiger partial charge in [-0.05, 0) is 79.4 Å². The molecule has 4 aliphatic rings. The van der Waals surface area contributed by atoms with E-state index >= 15 is 0 Å². The zero-order valence-corrected chi connectivity index (χ0v) is 20.3. The first-order chi connectivity index (χ1) is 17.7. The summed E-state index contributed by atoms with van der Waals surface area (Å²) in [6.07, 6.45) is 8.46. The Bertz CT molecular complexity index is 1430. The maximum Gasteiger partial charge on any atom is 0.164 e. The number of aromatic nitrogens is 3. The second kappa shape index (κ2) is 8.38. The molecule has 0 aliphatic heterocycles. The second-order valence-electron chi connectivity index (χ2n) is 11.1. The molecular weight excluding hydrogens is 440 g/mol. The predicted molar refractivity (Wildman–Crippen MR) is 141 cm³/mol. The van der Waals surface area contributed by atoms with Crippen molar-refractivity contribution in [2.24, 2.45) is 17.8 Å². The van der Waals surface area contributed by atoms with E-state index in [1.165, 1.54) is 44.1 Å². The third-order valence-electron chi connectivity index (χ3n) is 8.71. The molecule has 4 saturated carbocycles. The van der Waals surface area contributed by atoms with E-state index in [4.69, 9.17) is 15.0 Å². The van der Waals surface area contributed by atoms with E-state index in [0.29, 0.717) is 28.5 Å². The Hall–Kier alpha value is -3.84. The molecule has 0 radical (unpaired) electrons. The third kappa shape index (κ3) is 3.71. The topological polar surface area (TPSA) is 62.5 Å². The lowest BCUT2D eigenvalue weighted by Gasteiger charge is -2.57. The summed E-state index contributed by atoms with van der Waals surface area (Å²) in [7, 11) is 0. The Balaban J connectivity index is 1.29. The van der Waals surface area contributed by atoms with Crippen LogP contribution in [0.25, 0.3) is 34.2 Å². The molecule has 4 nitrogen and oxygen atoms in total. The standard InChI is InChI=1S/C32H28N4/c33-20-21-5-4-8-27(16-21)31-35-29(25-6-2-1-3-7-25)34-30(36-31)26-9-11-28(12-10-26)32-17-22-13-23(18-32)15-24(14-22)19-32/h1-12,16,22-24H,13-15,17-19H2/t22-,23+,24-,32?. The molecule has 4 aliphatic carbocycles. The van der Waals surface area contributed by atoms with Crippen LogP contribution in [0, 0.1) is 29.1 Å². The average Bonchev–Trinajstić information content (AvgIpc) is 2.93. The van der Waals surface area contributed by atoms with E-state index < -0.39 is 0 Å². The molecule has 0 atom stereocenters. The maximum absolute atomic E-state index is 9.39. The third-order valence-corrected chi connectivity index (χ3v) is 8.71. The highest BCUT2D eigenvalue weighted by atomic mass is 15.0. The summed E-state index contributed by atoms with van der Waals surface area (Å²) in [5.41, 5.74) is 5.25. The van der Waals surface area contributed by atoms with Crippen LogP contribution in [0.4, 0.5) is 0 Å². The molecule has 8 rings (SSSR count). The van der Waals surface area contributed by atoms with Crippen LogP contribution in [-0.4, -0.2) is 15.0 Å². The van der Waals surface area contributed by atoms with Gasteiger partial charge in [-0.3, -0.25) is 0 Å². The summed E-state index contributed by atoms with van der Waals surface area (Å²) >= 11 is 0. The van der Waals surface area contributed by atoms with Crippen LogP contribution in [0.1, 0.15) is 49.7 Å². The number of hydrogen-bond donors (Lipinski definition) is 0. The van der Waals surface area contributed by atoms with Gasteiger partial charge in [0.2, 0.25) is 0 Å². The smallest absolute Gasteiger partial charge is 0.164 e. The lowest BCUT2D eigenvalue weighted by molar-refractivity contribution is -0.00518. The summed E-state index contributed by atoms with van der Waals surface area (Å²) in [5.74, 6) is 4.68. The highest BCUT2D eigenvalue weighted by Crippen LogP contribution is 2.60. The van der Waals surface area contributed by atoms with Crippen molar-refractivity contribution in [2.45, 2.75) is 43.9 Å². The van der Waals surface area contributed by atoms with Gasteiger partial charge in [-0.1, -0.05) is 66.7 Å². The summed E-state index contributed by atoms with van der Waals surface area (Å²) in [4.78, 5) is 14.5. The fourth-order valence-electron chi connectivity index (χ4n) is 7.52. The number of nitriles is 1. The zero-order valence-electron chi connectivity index (χ0n) is 20.3. The van der Waals surface area contributed by atoms with E-state index in [0.717, 1.165) is 34.4 Å². The van der Waals surface area contributed by atoms with Crippen LogP contribution in [0.2, 0.25) is 0 Å². The fourth-order valence-corrected chi connectivity index (χ4v) is 7.52. The van der Waals surface area contributed by atoms with Crippen LogP contribution < -0.4 is 0 Å². The largest absolute Gasteiger partial charge is 0.208 e. The van der Waals surface area contributed by atoms with Gasteiger partial charge in [0, 0.05) is 16.7 Å². The molecule has 4 heteroatoms. The minimum atomic E-state index is 0.379. The van der Waals surface area contributed by atoms with Crippen LogP contribution in [0.3, 0.4) is 0 Å². The first-order valence-electron chi connectivity index (χ1n) is 13.1. The summed E-state index contributed by atoms with van der Waals surface area (Å²) in [6.45, 7) is 0. The Labute approximate surface area is 212 Å². The minimum absolute atomic E-state index is 0.379. The van der Waals surface area contributed by atoms with E-state index in [1.54, 1.807) is 6.07 Å². The minimum Gasteiger partial charge on any atom is -0.208 e. The Morgan fingerprint density at radius 3 is 1.72 bits per heavy atom. The van der Waals surface area contributed by atoms with Crippen molar-refractivity contribution in [2.75, 3.05) is 0 Å². The van der Waals surface area contributed by atoms with Gasteiger partial charge in [-0.25, -0.2) is 15.0 Å². The lowest BCUT2D eigenvalue weighted by Crippen LogP contribution is -2.48. The summed E-state index contributed by atoms with van der Waals surface area (Å²) < 4.78 is 0. The van der Waals surface area contributed by atoms with Crippen molar-refractivity contribution >= 4 is 0 Å². The Kier molecular flexibility index (Phi) is 4.99. The normalized spacial score (nSPS) is 26.0. The van der Waals surface area contributed by atoms with Crippen molar-refractivity contribution in [1.82, 2.24) is 15.0 Å². The Morgan fingerprint density at radius 2 is 1.14 bits per heavy atom. The fraction of sp³-hybridized carbons (Fsp3) is 0.312. The monoisotopic (exact) mass is 468 g/mol.